The molecule has 0 radical (unpaired) electrons. The molecule has 0 amide bonds. The molecule has 1 aromatic carbocycles. The Morgan fingerprint density at radius 1 is 0.342 bits per heavy atom. The molecule has 21 fully saturated rings. The van der Waals surface area contributed by atoms with Gasteiger partial charge in [-0.3, -0.25) is 3.07 Å². The minimum Gasteiger partial charge on any atom is -0.478 e. The number of carboxylic acid groups (broad SMARTS) is 1. The highest BCUT2D eigenvalue weighted by atomic mass is 127. The number of aromatic carboxylic acids is 1. The molecule has 35 atom stereocenters. The molecule has 0 saturated carbocycles. The maximum absolute atomic E-state index is 12.7. The number of H-pyrrole nitrogens is 1. The molecule has 0 aliphatic carbocycles. The quantitative estimate of drug-likeness (QED) is 0.0904. The van der Waals surface area contributed by atoms with E-state index in [4.69, 9.17) is 166 Å². The summed E-state index contributed by atoms with van der Waals surface area (Å²) in [5, 5.41) is 10.3. The largest absolute Gasteiger partial charge is 0.478 e. The summed E-state index contributed by atoms with van der Waals surface area (Å²) in [7, 11) is 28.1. The van der Waals surface area contributed by atoms with Gasteiger partial charge in [-0.2, -0.15) is 0 Å². The zero-order valence-electron chi connectivity index (χ0n) is 67.8. The van der Waals surface area contributed by atoms with Crippen LogP contribution in [0.5, 0.6) is 0 Å². The lowest BCUT2D eigenvalue weighted by molar-refractivity contribution is -0.404. The van der Waals surface area contributed by atoms with Crippen LogP contribution in [0.25, 0.3) is 0 Å². The average Bonchev–Trinajstić information content (AvgIpc) is 0.811. The third-order valence-electron chi connectivity index (χ3n) is 21.5. The number of methoxy groups -OCH3 is 19. The highest BCUT2D eigenvalue weighted by Gasteiger charge is 2.62. The molecule has 21 saturated heterocycles. The Morgan fingerprint density at radius 2 is 0.588 bits per heavy atom. The van der Waals surface area contributed by atoms with Gasteiger partial charge in [-0.25, -0.2) is 9.78 Å². The summed E-state index contributed by atoms with van der Waals surface area (Å²) in [5.74, 6) is -1.29. The topological polar surface area (TPSA) is 406 Å². The van der Waals surface area contributed by atoms with Crippen LogP contribution in [0.4, 0.5) is 0 Å². The normalized spacial score (nSPS) is 41.2. The van der Waals surface area contributed by atoms with Gasteiger partial charge in [0.1, 0.15) is 171 Å². The Balaban J connectivity index is 1.11. The van der Waals surface area contributed by atoms with E-state index in [9.17, 15) is 13.0 Å². The number of hydrogen-bond acceptors (Lipinski definition) is 38. The summed E-state index contributed by atoms with van der Waals surface area (Å²) in [4.78, 5) is 20.0. The fourth-order valence-corrected chi connectivity index (χ4v) is 17.3. The molecule has 22 heterocycles. The highest BCUT2D eigenvalue weighted by molar-refractivity contribution is 14.1. The van der Waals surface area contributed by atoms with Gasteiger partial charge >= 0.3 is 5.97 Å². The van der Waals surface area contributed by atoms with Gasteiger partial charge in [-0.1, -0.05) is 6.07 Å². The lowest BCUT2D eigenvalue weighted by Crippen LogP contribution is -2.69. The van der Waals surface area contributed by atoms with E-state index in [1.54, 1.807) is 12.3 Å². The molecular formula is C73H117IN2O38. The maximum Gasteiger partial charge on any atom is 0.336 e. The van der Waals surface area contributed by atoms with Gasteiger partial charge in [0.2, 0.25) is 0 Å². The number of carbonyl (C=O) groups is 1. The molecule has 0 spiro atoms. The predicted octanol–water partition coefficient (Wildman–Crippen LogP) is 0.553. The molecule has 0 unspecified atom stereocenters. The average molecular weight is 1760 g/mol. The van der Waals surface area contributed by atoms with E-state index in [0.717, 1.165) is 0 Å². The molecule has 2 N–H and O–H groups in total. The van der Waals surface area contributed by atoms with Crippen molar-refractivity contribution in [2.24, 2.45) is 0 Å². The van der Waals surface area contributed by atoms with Crippen LogP contribution < -0.4 is 0 Å². The molecule has 21 aliphatic heterocycles. The Morgan fingerprint density at radius 3 is 0.825 bits per heavy atom. The van der Waals surface area contributed by atoms with Gasteiger partial charge in [0, 0.05) is 135 Å². The van der Waals surface area contributed by atoms with Crippen molar-refractivity contribution < 1.29 is 179 Å². The Kier molecular flexibility index (Phi) is 37.5. The molecule has 114 heavy (non-hydrogen) atoms. The van der Waals surface area contributed by atoms with Crippen molar-refractivity contribution in [2.75, 3.05) is 181 Å². The summed E-state index contributed by atoms with van der Waals surface area (Å²) in [6, 6.07) is 4.47. The number of rotatable bonds is 34. The number of carboxylic acids is 1. The minimum absolute atomic E-state index is 0.0711. The predicted molar refractivity (Wildman–Crippen MR) is 390 cm³/mol. The first-order valence-electron chi connectivity index (χ1n) is 37.3. The van der Waals surface area contributed by atoms with E-state index in [0.29, 0.717) is 11.3 Å². The summed E-state index contributed by atoms with van der Waals surface area (Å²) in [5.41, 5.74) is 0.764. The van der Waals surface area contributed by atoms with E-state index >= 15 is 0 Å². The van der Waals surface area contributed by atoms with Gasteiger partial charge in [0.15, 0.2) is 65.2 Å². The van der Waals surface area contributed by atoms with Crippen LogP contribution in [0.3, 0.4) is 0 Å². The number of aromatic amines is 1. The lowest BCUT2D eigenvalue weighted by Gasteiger charge is -2.52. The monoisotopic (exact) mass is 1760 g/mol. The summed E-state index contributed by atoms with van der Waals surface area (Å²) in [6.45, 7) is -1.21. The summed E-state index contributed by atoms with van der Waals surface area (Å²) < 4.78 is 243. The number of benzene rings is 1. The Hall–Kier alpha value is -2.97. The molecule has 40 nitrogen and oxygen atoms in total. The second-order valence-electron chi connectivity index (χ2n) is 27.9. The van der Waals surface area contributed by atoms with Gasteiger partial charge < -0.3 is 176 Å². The van der Waals surface area contributed by atoms with Crippen molar-refractivity contribution in [1.82, 2.24) is 9.97 Å². The standard InChI is InChI=1S/C73H117IN2O38/c1-80-26-38-45-52(87-8)59(93-14)67(101-38)109-46-39(27-81-2)103-69(61(95-16)53(46)88-9)111-48-41(29-83-4)105-71(63(97-18)55(48)90-11)113-50-43(31-85-6)107-73(65(57(50)92-13)99-24-34-20-21-37(74-79)36(22-34)66(77)78)114-51-44(32-86-7)106-72(64(98-19)58(51)100-25-35-23-75-33-76-35)112-49-42(30-84-5)104-70(62(96-17)56(49)91-12)110-47-40(28-82-3)102-68(108-45)60(94-15)54(47)89-10/h20-23,33,38-65,67-73H,24-32H2,1-19H3,(H,75,76)(H,77,78)/t38-,39-,40-,41-,42-,43-,44-,45-,46-,47-,48-,49-,50-,51-,52+,53+,54+,55+,56+,57+,58+,59-,60-,61-,62-,63-,64-,65-,67-,68-,69-,70-,71-,72-,73-/m1/s1. The molecule has 23 rings (SSSR count). The van der Waals surface area contributed by atoms with E-state index in [1.807, 2.05) is 0 Å². The second-order valence-corrected chi connectivity index (χ2v) is 29.5. The van der Waals surface area contributed by atoms with E-state index < -0.39 is 242 Å². The van der Waals surface area contributed by atoms with Crippen molar-refractivity contribution in [2.45, 2.75) is 228 Å². The second kappa shape index (κ2) is 45.8. The molecular weight excluding hydrogens is 1640 g/mol. The lowest BCUT2D eigenvalue weighted by atomic mass is 9.94. The zero-order valence-corrected chi connectivity index (χ0v) is 70.0. The molecule has 1 aromatic heterocycles. The summed E-state index contributed by atoms with van der Waals surface area (Å²) >= 11 is -1.90. The van der Waals surface area contributed by atoms with Crippen LogP contribution in [0.15, 0.2) is 30.7 Å². The number of halogens is 1. The van der Waals surface area contributed by atoms with Crippen molar-refractivity contribution in [1.29, 1.82) is 0 Å². The number of imidazole rings is 1. The number of ether oxygens (including phenoxy) is 35. The molecule has 2 aromatic rings. The summed E-state index contributed by atoms with van der Waals surface area (Å²) in [6.07, 6.45) is -37.0. The SMILES string of the molecule is COC[C@H]1O[C@@H]2O[C@H]3[C@H](OC)[C@@H](OC)[C@@H](O[C@H]4[C@H](OC)[C@@H](OC)[C@@H](O[C@H]5[C@H](OC)[C@@H](OCc6ccc(I=O)c(C(=O)O)c6)[C@@H](O[C@H]6[C@H](OCc7cnc[nH]7)[C@@H](OC)[C@@H](O[C@H]7[C@H](OC)[C@@H](OC)[C@@H](O[C@H]8[C@H](OC)[C@@H](OC)[C@@H](O[C@H]1[C@H](OC)[C@H]2OC)O[C@@H]8COC)O[C@@H]7COC)O[C@@H]6COC)O[C@@H]5COC)O[C@@H]4COC)O[C@@H]3COC. The van der Waals surface area contributed by atoms with Crippen LogP contribution in [0.2, 0.25) is 0 Å². The fraction of sp³-hybridized carbons (Fsp3) is 0.863. The van der Waals surface area contributed by atoms with Crippen LogP contribution in [-0.4, -0.2) is 417 Å². The smallest absolute Gasteiger partial charge is 0.336 e. The molecule has 21 aliphatic rings. The van der Waals surface area contributed by atoms with Crippen LogP contribution >= 0.6 is 21.2 Å². The third kappa shape index (κ3) is 21.0. The van der Waals surface area contributed by atoms with Crippen LogP contribution in [0.1, 0.15) is 21.6 Å². The van der Waals surface area contributed by atoms with Gasteiger partial charge in [-0.05, 0) is 17.7 Å². The first kappa shape index (κ1) is 93.3. The van der Waals surface area contributed by atoms with E-state index in [-0.39, 0.29) is 68.6 Å². The number of nitrogens with one attached hydrogen (secondary N) is 1. The van der Waals surface area contributed by atoms with Gasteiger partial charge in [0.05, 0.1) is 86.8 Å². The van der Waals surface area contributed by atoms with Crippen LogP contribution in [0, 0.1) is 3.57 Å². The van der Waals surface area contributed by atoms with Crippen molar-refractivity contribution in [3.63, 3.8) is 0 Å². The molecule has 41 heteroatoms. The Bertz CT molecular complexity index is 3110. The van der Waals surface area contributed by atoms with E-state index in [1.165, 1.54) is 154 Å². The third-order valence-corrected chi connectivity index (χ3v) is 22.9. The maximum atomic E-state index is 12.7. The fourth-order valence-electron chi connectivity index (χ4n) is 16.3. The van der Waals surface area contributed by atoms with Gasteiger partial charge in [0.25, 0.3) is 0 Å². The molecule has 14 bridgehead atoms. The van der Waals surface area contributed by atoms with E-state index in [2.05, 4.69) is 9.97 Å². The van der Waals surface area contributed by atoms with Crippen molar-refractivity contribution >= 4 is 27.2 Å². The minimum atomic E-state index is -1.90. The van der Waals surface area contributed by atoms with Crippen molar-refractivity contribution in [3.05, 3.63) is 51.1 Å². The highest BCUT2D eigenvalue weighted by Crippen LogP contribution is 2.44. The number of hydrogen-bond donors (Lipinski definition) is 2. The number of aromatic nitrogens is 2. The van der Waals surface area contributed by atoms with Gasteiger partial charge in [-0.15, -0.1) is 0 Å². The first-order valence-corrected chi connectivity index (χ1v) is 39.2. The first-order chi connectivity index (χ1) is 55.5. The van der Waals surface area contributed by atoms with Crippen LogP contribution in [-0.2, 0) is 182 Å². The molecule has 654 valence electrons. The Labute approximate surface area is 673 Å². The zero-order chi connectivity index (χ0) is 81.9. The number of nitrogens with zero attached hydrogens (tertiary/aromatic N) is 1. The van der Waals surface area contributed by atoms with Crippen molar-refractivity contribution in [3.8, 4) is 0 Å².